The number of rotatable bonds is 7. The maximum atomic E-state index is 13.8. The van der Waals surface area contributed by atoms with Gasteiger partial charge in [0.25, 0.3) is 5.91 Å². The third kappa shape index (κ3) is 4.12. The van der Waals surface area contributed by atoms with Crippen molar-refractivity contribution in [2.45, 2.75) is 25.9 Å². The highest BCUT2D eigenvalue weighted by Gasteiger charge is 2.54. The molecule has 0 aromatic heterocycles. The molecular formula is C27H27N3O4. The number of carbonyl (C=O) groups is 3. The minimum Gasteiger partial charge on any atom is -0.496 e. The number of benzene rings is 3. The summed E-state index contributed by atoms with van der Waals surface area (Å²) in [7, 11) is 1.56. The van der Waals surface area contributed by atoms with Gasteiger partial charge in [0, 0.05) is 12.1 Å². The number of imide groups is 1. The van der Waals surface area contributed by atoms with E-state index in [1.165, 1.54) is 0 Å². The van der Waals surface area contributed by atoms with Crippen LogP contribution in [0.1, 0.15) is 27.8 Å². The van der Waals surface area contributed by atoms with Gasteiger partial charge in [-0.25, -0.2) is 4.79 Å². The van der Waals surface area contributed by atoms with Crippen LogP contribution in [-0.2, 0) is 21.7 Å². The Hall–Kier alpha value is -4.13. The predicted molar refractivity (Wildman–Crippen MR) is 128 cm³/mol. The van der Waals surface area contributed by atoms with Crippen LogP contribution in [0.15, 0.2) is 72.8 Å². The van der Waals surface area contributed by atoms with Crippen LogP contribution < -0.4 is 15.4 Å². The molecule has 0 aliphatic carbocycles. The smallest absolute Gasteiger partial charge is 0.326 e. The number of hydrogen-bond acceptors (Lipinski definition) is 4. The molecule has 0 saturated carbocycles. The molecule has 1 fully saturated rings. The van der Waals surface area contributed by atoms with Crippen molar-refractivity contribution in [3.63, 3.8) is 0 Å². The Labute approximate surface area is 198 Å². The fourth-order valence-electron chi connectivity index (χ4n) is 4.18. The Morgan fingerprint density at radius 3 is 2.35 bits per heavy atom. The average molecular weight is 458 g/mol. The topological polar surface area (TPSA) is 87.7 Å². The molecule has 1 aliphatic rings. The summed E-state index contributed by atoms with van der Waals surface area (Å²) in [5.41, 5.74) is 2.76. The van der Waals surface area contributed by atoms with Gasteiger partial charge in [-0.2, -0.15) is 0 Å². The Bertz CT molecular complexity index is 1240. The molecule has 4 rings (SSSR count). The summed E-state index contributed by atoms with van der Waals surface area (Å²) in [5.74, 6) is -0.284. The van der Waals surface area contributed by atoms with Gasteiger partial charge in [-0.15, -0.1) is 0 Å². The van der Waals surface area contributed by atoms with Gasteiger partial charge in [-0.05, 0) is 42.2 Å². The summed E-state index contributed by atoms with van der Waals surface area (Å²) in [5, 5.41) is 5.65. The maximum absolute atomic E-state index is 13.8. The number of nitrogens with one attached hydrogen (secondary N) is 2. The van der Waals surface area contributed by atoms with E-state index in [2.05, 4.69) is 10.6 Å². The van der Waals surface area contributed by atoms with Crippen LogP contribution in [0.25, 0.3) is 0 Å². The molecule has 0 spiro atoms. The molecule has 3 aromatic carbocycles. The molecule has 1 heterocycles. The predicted octanol–water partition coefficient (Wildman–Crippen LogP) is 3.42. The summed E-state index contributed by atoms with van der Waals surface area (Å²) >= 11 is 0. The van der Waals surface area contributed by atoms with E-state index in [4.69, 9.17) is 4.74 Å². The maximum Gasteiger partial charge on any atom is 0.326 e. The number of aryl methyl sites for hydroxylation is 2. The lowest BCUT2D eigenvalue weighted by molar-refractivity contribution is -0.134. The molecular weight excluding hydrogens is 430 g/mol. The van der Waals surface area contributed by atoms with Crippen LogP contribution in [0.3, 0.4) is 0 Å². The summed E-state index contributed by atoms with van der Waals surface area (Å²) in [6.07, 6.45) is 0. The monoisotopic (exact) mass is 457 g/mol. The Morgan fingerprint density at radius 1 is 0.941 bits per heavy atom. The lowest BCUT2D eigenvalue weighted by atomic mass is 9.81. The molecule has 7 heteroatoms. The lowest BCUT2D eigenvalue weighted by Gasteiger charge is -2.28. The molecule has 0 radical (unpaired) electrons. The Kier molecular flexibility index (Phi) is 6.36. The van der Waals surface area contributed by atoms with Gasteiger partial charge in [0.15, 0.2) is 5.54 Å². The fourth-order valence-corrected chi connectivity index (χ4v) is 4.18. The van der Waals surface area contributed by atoms with Crippen LogP contribution in [0, 0.1) is 13.8 Å². The van der Waals surface area contributed by atoms with E-state index >= 15 is 0 Å². The number of para-hydroxylation sites is 1. The van der Waals surface area contributed by atoms with Crippen LogP contribution in [0.5, 0.6) is 5.75 Å². The molecule has 1 atom stereocenters. The zero-order valence-corrected chi connectivity index (χ0v) is 19.4. The number of amides is 4. The quantitative estimate of drug-likeness (QED) is 0.532. The van der Waals surface area contributed by atoms with E-state index in [9.17, 15) is 14.4 Å². The van der Waals surface area contributed by atoms with E-state index in [0.717, 1.165) is 21.6 Å². The molecule has 3 aromatic rings. The second-order valence-corrected chi connectivity index (χ2v) is 8.33. The second kappa shape index (κ2) is 9.39. The van der Waals surface area contributed by atoms with Crippen molar-refractivity contribution in [3.05, 3.63) is 101 Å². The Morgan fingerprint density at radius 2 is 1.65 bits per heavy atom. The van der Waals surface area contributed by atoms with E-state index in [1.54, 1.807) is 25.3 Å². The van der Waals surface area contributed by atoms with E-state index < -0.39 is 23.4 Å². The van der Waals surface area contributed by atoms with Crippen LogP contribution in [-0.4, -0.2) is 36.4 Å². The van der Waals surface area contributed by atoms with Crippen molar-refractivity contribution in [3.8, 4) is 5.75 Å². The van der Waals surface area contributed by atoms with Crippen molar-refractivity contribution in [1.29, 1.82) is 0 Å². The van der Waals surface area contributed by atoms with Gasteiger partial charge in [0.1, 0.15) is 12.3 Å². The van der Waals surface area contributed by atoms with Gasteiger partial charge >= 0.3 is 6.03 Å². The van der Waals surface area contributed by atoms with Gasteiger partial charge in [0.2, 0.25) is 5.91 Å². The van der Waals surface area contributed by atoms with Crippen molar-refractivity contribution in [1.82, 2.24) is 15.5 Å². The highest BCUT2D eigenvalue weighted by Crippen LogP contribution is 2.36. The van der Waals surface area contributed by atoms with Gasteiger partial charge in [-0.1, -0.05) is 66.7 Å². The van der Waals surface area contributed by atoms with Crippen LogP contribution >= 0.6 is 0 Å². The largest absolute Gasteiger partial charge is 0.496 e. The number of methoxy groups -OCH3 is 1. The zero-order valence-electron chi connectivity index (χ0n) is 19.4. The highest BCUT2D eigenvalue weighted by molar-refractivity contribution is 6.11. The summed E-state index contributed by atoms with van der Waals surface area (Å²) in [6, 6.07) is 21.5. The van der Waals surface area contributed by atoms with Gasteiger partial charge in [0.05, 0.1) is 7.11 Å². The van der Waals surface area contributed by atoms with Crippen LogP contribution in [0.4, 0.5) is 4.79 Å². The van der Waals surface area contributed by atoms with E-state index in [1.807, 2.05) is 68.4 Å². The molecule has 0 unspecified atom stereocenters. The van der Waals surface area contributed by atoms with Crippen molar-refractivity contribution >= 4 is 17.8 Å². The van der Waals surface area contributed by atoms with Crippen LogP contribution in [0.2, 0.25) is 0 Å². The lowest BCUT2D eigenvalue weighted by Crippen LogP contribution is -2.46. The first-order valence-corrected chi connectivity index (χ1v) is 11.0. The fraction of sp³-hybridized carbons (Fsp3) is 0.222. The normalized spacial score (nSPS) is 17.4. The number of nitrogens with zero attached hydrogens (tertiary/aromatic N) is 1. The summed E-state index contributed by atoms with van der Waals surface area (Å²) in [6.45, 7) is 3.77. The summed E-state index contributed by atoms with van der Waals surface area (Å²) < 4.78 is 5.31. The molecule has 7 nitrogen and oxygen atoms in total. The zero-order chi connectivity index (χ0) is 24.3. The first kappa shape index (κ1) is 23.0. The molecule has 2 N–H and O–H groups in total. The van der Waals surface area contributed by atoms with Gasteiger partial charge < -0.3 is 15.4 Å². The van der Waals surface area contributed by atoms with E-state index in [-0.39, 0.29) is 13.1 Å². The minimum absolute atomic E-state index is 0.216. The third-order valence-corrected chi connectivity index (χ3v) is 6.22. The number of urea groups is 1. The standard InChI is InChI=1S/C27H27N3O4/c1-18-13-14-22(15-19(18)2)27(21-10-5-4-6-11-21)25(32)30(26(33)29-27)17-24(31)28-16-20-9-7-8-12-23(20)34-3/h4-15H,16-17H2,1-3H3,(H,28,31)(H,29,33)/t27-/m0/s1. The minimum atomic E-state index is -1.40. The third-order valence-electron chi connectivity index (χ3n) is 6.22. The van der Waals surface area contributed by atoms with Crippen molar-refractivity contribution < 1.29 is 19.1 Å². The first-order valence-electron chi connectivity index (χ1n) is 11.0. The molecule has 1 aliphatic heterocycles. The van der Waals surface area contributed by atoms with Crippen molar-refractivity contribution in [2.24, 2.45) is 0 Å². The van der Waals surface area contributed by atoms with E-state index in [0.29, 0.717) is 16.9 Å². The number of hydrogen-bond donors (Lipinski definition) is 2. The second-order valence-electron chi connectivity index (χ2n) is 8.33. The Balaban J connectivity index is 1.60. The SMILES string of the molecule is COc1ccccc1CNC(=O)CN1C(=O)N[C@@](c2ccccc2)(c2ccc(C)c(C)c2)C1=O. The molecule has 34 heavy (non-hydrogen) atoms. The van der Waals surface area contributed by atoms with Crippen molar-refractivity contribution in [2.75, 3.05) is 13.7 Å². The molecule has 4 amide bonds. The van der Waals surface area contributed by atoms with Gasteiger partial charge in [-0.3, -0.25) is 14.5 Å². The average Bonchev–Trinajstić information content (AvgIpc) is 3.10. The molecule has 1 saturated heterocycles. The highest BCUT2D eigenvalue weighted by atomic mass is 16.5. The first-order chi connectivity index (χ1) is 16.4. The number of carbonyl (C=O) groups excluding carboxylic acids is 3. The summed E-state index contributed by atoms with van der Waals surface area (Å²) in [4.78, 5) is 40.5. The molecule has 0 bridgehead atoms. The molecule has 174 valence electrons. The number of ether oxygens (including phenoxy) is 1.